The Bertz CT molecular complexity index is 1450. The van der Waals surface area contributed by atoms with Gasteiger partial charge in [-0.25, -0.2) is 9.50 Å². The number of carbonyl (C=O) groups excluding carboxylic acids is 1. The van der Waals surface area contributed by atoms with E-state index >= 15 is 0 Å². The van der Waals surface area contributed by atoms with Gasteiger partial charge in [-0.2, -0.15) is 23.4 Å². The number of carbonyl (C=O) groups is 1. The molecule has 1 amide bonds. The number of ether oxygens (including phenoxy) is 1. The lowest BCUT2D eigenvalue weighted by Crippen LogP contribution is -2.48. The lowest BCUT2D eigenvalue weighted by atomic mass is 10.1. The zero-order chi connectivity index (χ0) is 27.0. The van der Waals surface area contributed by atoms with Crippen LogP contribution in [0.2, 0.25) is 0 Å². The van der Waals surface area contributed by atoms with E-state index in [1.54, 1.807) is 29.2 Å². The fourth-order valence-electron chi connectivity index (χ4n) is 4.58. The standard InChI is InChI=1S/C26H28F3N7O2/c1-4-35-16-19(17(2)31-35)15-33-9-11-34(12-10-33)25(37)22-14-24-30-21(18-5-7-20(38-3)8-6-18)13-23(26(27,28)29)36(24)32-22/h5-8,13-14,16H,4,9-12,15H2,1-3H3. The van der Waals surface area contributed by atoms with Crippen LogP contribution in [-0.4, -0.2) is 73.4 Å². The normalized spacial score (nSPS) is 14.8. The number of hydrogen-bond acceptors (Lipinski definition) is 6. The first-order chi connectivity index (χ1) is 18.2. The molecule has 0 atom stereocenters. The summed E-state index contributed by atoms with van der Waals surface area (Å²) in [6.45, 7) is 7.73. The molecule has 5 rings (SSSR count). The minimum Gasteiger partial charge on any atom is -0.497 e. The van der Waals surface area contributed by atoms with Gasteiger partial charge >= 0.3 is 6.18 Å². The molecule has 9 nitrogen and oxygen atoms in total. The van der Waals surface area contributed by atoms with Crippen molar-refractivity contribution in [2.45, 2.75) is 33.1 Å². The molecule has 3 aromatic heterocycles. The van der Waals surface area contributed by atoms with Gasteiger partial charge in [-0.05, 0) is 44.2 Å². The molecule has 1 aliphatic heterocycles. The Morgan fingerprint density at radius 3 is 2.37 bits per heavy atom. The quantitative estimate of drug-likeness (QED) is 0.378. The van der Waals surface area contributed by atoms with Crippen molar-refractivity contribution in [1.29, 1.82) is 0 Å². The number of piperazine rings is 1. The molecular formula is C26H28F3N7O2. The Kier molecular flexibility index (Phi) is 6.82. The second-order valence-electron chi connectivity index (χ2n) is 9.22. The number of aryl methyl sites for hydroxylation is 2. The molecule has 0 saturated carbocycles. The van der Waals surface area contributed by atoms with Crippen molar-refractivity contribution < 1.29 is 22.7 Å². The number of aromatic nitrogens is 5. The lowest BCUT2D eigenvalue weighted by Gasteiger charge is -2.34. The molecular weight excluding hydrogens is 499 g/mol. The van der Waals surface area contributed by atoms with Crippen LogP contribution in [0.4, 0.5) is 13.2 Å². The zero-order valence-electron chi connectivity index (χ0n) is 21.4. The highest BCUT2D eigenvalue weighted by Crippen LogP contribution is 2.33. The van der Waals surface area contributed by atoms with Gasteiger partial charge in [0, 0.05) is 62.7 Å². The van der Waals surface area contributed by atoms with Gasteiger partial charge in [0.05, 0.1) is 18.5 Å². The SMILES string of the molecule is CCn1cc(CN2CCN(C(=O)c3cc4nc(-c5ccc(OC)cc5)cc(C(F)(F)F)n4n3)CC2)c(C)n1. The number of rotatable bonds is 6. The molecule has 4 heterocycles. The van der Waals surface area contributed by atoms with Crippen LogP contribution < -0.4 is 4.74 Å². The molecule has 38 heavy (non-hydrogen) atoms. The fourth-order valence-corrected chi connectivity index (χ4v) is 4.58. The van der Waals surface area contributed by atoms with Crippen molar-refractivity contribution in [3.8, 4) is 17.0 Å². The van der Waals surface area contributed by atoms with Crippen molar-refractivity contribution >= 4 is 11.6 Å². The molecule has 1 saturated heterocycles. The molecule has 1 fully saturated rings. The van der Waals surface area contributed by atoms with Crippen molar-refractivity contribution in [2.75, 3.05) is 33.3 Å². The van der Waals surface area contributed by atoms with E-state index in [0.29, 0.717) is 42.0 Å². The Balaban J connectivity index is 1.36. The fraction of sp³-hybridized carbons (Fsp3) is 0.385. The summed E-state index contributed by atoms with van der Waals surface area (Å²) in [5.74, 6) is 0.165. The summed E-state index contributed by atoms with van der Waals surface area (Å²) in [5, 5.41) is 8.50. The van der Waals surface area contributed by atoms with Crippen LogP contribution in [-0.2, 0) is 19.3 Å². The van der Waals surface area contributed by atoms with E-state index < -0.39 is 17.8 Å². The third-order valence-corrected chi connectivity index (χ3v) is 6.75. The first-order valence-corrected chi connectivity index (χ1v) is 12.3. The van der Waals surface area contributed by atoms with Crippen LogP contribution in [0.15, 0.2) is 42.6 Å². The van der Waals surface area contributed by atoms with E-state index in [4.69, 9.17) is 4.74 Å². The molecule has 0 spiro atoms. The first-order valence-electron chi connectivity index (χ1n) is 12.3. The number of hydrogen-bond donors (Lipinski definition) is 0. The summed E-state index contributed by atoms with van der Waals surface area (Å²) in [6.07, 6.45) is -2.65. The van der Waals surface area contributed by atoms with Gasteiger partial charge in [-0.1, -0.05) is 0 Å². The highest BCUT2D eigenvalue weighted by Gasteiger charge is 2.36. The third kappa shape index (κ3) is 5.08. The van der Waals surface area contributed by atoms with Crippen molar-refractivity contribution in [2.24, 2.45) is 0 Å². The van der Waals surface area contributed by atoms with Gasteiger partial charge in [0.1, 0.15) is 5.75 Å². The van der Waals surface area contributed by atoms with Gasteiger partial charge < -0.3 is 9.64 Å². The summed E-state index contributed by atoms with van der Waals surface area (Å²) in [4.78, 5) is 21.4. The Hall–Kier alpha value is -3.93. The molecule has 0 unspecified atom stereocenters. The number of halogens is 3. The molecule has 1 aromatic carbocycles. The highest BCUT2D eigenvalue weighted by atomic mass is 19.4. The smallest absolute Gasteiger partial charge is 0.433 e. The first kappa shape index (κ1) is 25.7. The van der Waals surface area contributed by atoms with Crippen LogP contribution in [0.5, 0.6) is 5.75 Å². The summed E-state index contributed by atoms with van der Waals surface area (Å²) in [5.41, 5.74) is 1.63. The van der Waals surface area contributed by atoms with Gasteiger partial charge in [0.15, 0.2) is 17.0 Å². The second-order valence-corrected chi connectivity index (χ2v) is 9.22. The van der Waals surface area contributed by atoms with Gasteiger partial charge in [-0.3, -0.25) is 14.4 Å². The van der Waals surface area contributed by atoms with E-state index in [-0.39, 0.29) is 17.0 Å². The zero-order valence-corrected chi connectivity index (χ0v) is 21.4. The Labute approximate surface area is 217 Å². The van der Waals surface area contributed by atoms with E-state index in [0.717, 1.165) is 30.4 Å². The predicted molar refractivity (Wildman–Crippen MR) is 134 cm³/mol. The number of alkyl halides is 3. The maximum atomic E-state index is 14.0. The van der Waals surface area contributed by atoms with E-state index in [2.05, 4.69) is 20.1 Å². The third-order valence-electron chi connectivity index (χ3n) is 6.75. The molecule has 0 radical (unpaired) electrons. The molecule has 12 heteroatoms. The van der Waals surface area contributed by atoms with Crippen molar-refractivity contribution in [3.63, 3.8) is 0 Å². The topological polar surface area (TPSA) is 80.8 Å². The van der Waals surface area contributed by atoms with Crippen LogP contribution in [0.1, 0.15) is 34.4 Å². The summed E-state index contributed by atoms with van der Waals surface area (Å²) in [6, 6.07) is 8.83. The molecule has 4 aromatic rings. The minimum atomic E-state index is -4.69. The van der Waals surface area contributed by atoms with E-state index in [1.165, 1.54) is 13.2 Å². The average Bonchev–Trinajstić information content (AvgIpc) is 3.50. The molecule has 0 N–H and O–H groups in total. The maximum absolute atomic E-state index is 14.0. The summed E-state index contributed by atoms with van der Waals surface area (Å²) < 4.78 is 49.6. The van der Waals surface area contributed by atoms with Crippen molar-refractivity contribution in [1.82, 2.24) is 34.2 Å². The number of nitrogens with zero attached hydrogens (tertiary/aromatic N) is 7. The number of fused-ring (bicyclic) bond motifs is 1. The predicted octanol–water partition coefficient (Wildman–Crippen LogP) is 3.91. The second kappa shape index (κ2) is 10.1. The van der Waals surface area contributed by atoms with Crippen LogP contribution in [0.3, 0.4) is 0 Å². The Morgan fingerprint density at radius 1 is 1.05 bits per heavy atom. The molecule has 0 aliphatic carbocycles. The molecule has 0 bridgehead atoms. The van der Waals surface area contributed by atoms with Crippen LogP contribution in [0, 0.1) is 6.92 Å². The van der Waals surface area contributed by atoms with E-state index in [9.17, 15) is 18.0 Å². The van der Waals surface area contributed by atoms with Crippen LogP contribution in [0.25, 0.3) is 16.9 Å². The number of benzene rings is 1. The molecule has 1 aliphatic rings. The van der Waals surface area contributed by atoms with Crippen molar-refractivity contribution in [3.05, 3.63) is 65.2 Å². The Morgan fingerprint density at radius 2 is 1.76 bits per heavy atom. The number of methoxy groups -OCH3 is 1. The van der Waals surface area contributed by atoms with Crippen LogP contribution >= 0.6 is 0 Å². The van der Waals surface area contributed by atoms with Gasteiger partial charge in [0.2, 0.25) is 0 Å². The minimum absolute atomic E-state index is 0.0453. The monoisotopic (exact) mass is 527 g/mol. The van der Waals surface area contributed by atoms with Gasteiger partial charge in [-0.15, -0.1) is 0 Å². The number of amides is 1. The highest BCUT2D eigenvalue weighted by molar-refractivity contribution is 5.93. The van der Waals surface area contributed by atoms with E-state index in [1.807, 2.05) is 24.7 Å². The summed E-state index contributed by atoms with van der Waals surface area (Å²) in [7, 11) is 1.51. The molecule has 200 valence electrons. The van der Waals surface area contributed by atoms with Gasteiger partial charge in [0.25, 0.3) is 5.91 Å². The maximum Gasteiger partial charge on any atom is 0.433 e. The largest absolute Gasteiger partial charge is 0.497 e. The average molecular weight is 528 g/mol. The lowest BCUT2D eigenvalue weighted by molar-refractivity contribution is -0.142. The summed E-state index contributed by atoms with van der Waals surface area (Å²) >= 11 is 0.